The molecule has 0 fully saturated rings. The molecule has 0 unspecified atom stereocenters. The highest BCUT2D eigenvalue weighted by atomic mass is 32.1. The van der Waals surface area contributed by atoms with Crippen molar-refractivity contribution in [2.24, 2.45) is 0 Å². The van der Waals surface area contributed by atoms with E-state index in [2.05, 4.69) is 10.4 Å². The van der Waals surface area contributed by atoms with Crippen LogP contribution in [0.2, 0.25) is 0 Å². The van der Waals surface area contributed by atoms with E-state index in [1.165, 1.54) is 10.8 Å². The third kappa shape index (κ3) is 3.30. The van der Waals surface area contributed by atoms with E-state index in [1.54, 1.807) is 29.7 Å². The van der Waals surface area contributed by atoms with Crippen LogP contribution in [-0.4, -0.2) is 15.7 Å². The Kier molecular flexibility index (Phi) is 3.89. The third-order valence-corrected chi connectivity index (χ3v) is 2.90. The summed E-state index contributed by atoms with van der Waals surface area (Å²) >= 11 is 1.56. The van der Waals surface area contributed by atoms with Crippen molar-refractivity contribution in [3.8, 4) is 6.07 Å². The molecule has 0 saturated heterocycles. The van der Waals surface area contributed by atoms with E-state index < -0.39 is 0 Å². The van der Waals surface area contributed by atoms with Gasteiger partial charge >= 0.3 is 0 Å². The van der Waals surface area contributed by atoms with Gasteiger partial charge in [-0.25, -0.2) is 0 Å². The molecule has 0 aliphatic heterocycles. The van der Waals surface area contributed by atoms with E-state index in [4.69, 9.17) is 5.26 Å². The fourth-order valence-electron chi connectivity index (χ4n) is 1.30. The van der Waals surface area contributed by atoms with Gasteiger partial charge < -0.3 is 5.32 Å². The molecule has 0 bridgehead atoms. The predicted octanol–water partition coefficient (Wildman–Crippen LogP) is 2.12. The third-order valence-electron chi connectivity index (χ3n) is 2.07. The van der Waals surface area contributed by atoms with Crippen LogP contribution < -0.4 is 5.32 Å². The zero-order valence-electron chi connectivity index (χ0n) is 9.41. The van der Waals surface area contributed by atoms with Crippen molar-refractivity contribution in [3.63, 3.8) is 0 Å². The lowest BCUT2D eigenvalue weighted by Gasteiger charge is -1.96. The van der Waals surface area contributed by atoms with Crippen LogP contribution >= 0.6 is 11.3 Å². The molecular formula is C12H10N4OS. The van der Waals surface area contributed by atoms with Crippen molar-refractivity contribution in [1.82, 2.24) is 9.78 Å². The van der Waals surface area contributed by atoms with Crippen molar-refractivity contribution in [2.45, 2.75) is 6.54 Å². The number of thiophene rings is 1. The van der Waals surface area contributed by atoms with Crippen LogP contribution in [0.25, 0.3) is 6.08 Å². The topological polar surface area (TPSA) is 70.7 Å². The van der Waals surface area contributed by atoms with Crippen LogP contribution in [0.1, 0.15) is 4.88 Å². The van der Waals surface area contributed by atoms with Gasteiger partial charge in [-0.2, -0.15) is 10.4 Å². The van der Waals surface area contributed by atoms with Gasteiger partial charge in [-0.15, -0.1) is 11.3 Å². The second-order valence-electron chi connectivity index (χ2n) is 3.39. The van der Waals surface area contributed by atoms with Gasteiger partial charge in [-0.1, -0.05) is 6.07 Å². The number of nitrogens with one attached hydrogen (secondary N) is 1. The number of amides is 1. The summed E-state index contributed by atoms with van der Waals surface area (Å²) in [6.07, 6.45) is 4.84. The highest BCUT2D eigenvalue weighted by Crippen LogP contribution is 2.10. The number of carbonyl (C=O) groups excluding carboxylic acids is 1. The molecule has 1 N–H and O–H groups in total. The van der Waals surface area contributed by atoms with Crippen LogP contribution in [0.4, 0.5) is 5.82 Å². The molecule has 0 aliphatic carbocycles. The molecule has 0 aliphatic rings. The molecule has 2 heterocycles. The van der Waals surface area contributed by atoms with E-state index in [1.807, 2.05) is 23.6 Å². The van der Waals surface area contributed by atoms with Crippen LogP contribution in [0.3, 0.4) is 0 Å². The lowest BCUT2D eigenvalue weighted by Crippen LogP contribution is -2.08. The van der Waals surface area contributed by atoms with E-state index >= 15 is 0 Å². The largest absolute Gasteiger partial charge is 0.306 e. The van der Waals surface area contributed by atoms with Crippen molar-refractivity contribution < 1.29 is 4.79 Å². The minimum atomic E-state index is -0.245. The summed E-state index contributed by atoms with van der Waals surface area (Å²) in [5, 5.41) is 17.1. The van der Waals surface area contributed by atoms with Gasteiger partial charge in [0.15, 0.2) is 5.82 Å². The lowest BCUT2D eigenvalue weighted by atomic mass is 10.4. The quantitative estimate of drug-likeness (QED) is 0.854. The maximum absolute atomic E-state index is 11.6. The standard InChI is InChI=1S/C12H10N4OS/c13-6-8-16-7-5-11(15-16)14-12(17)4-3-10-2-1-9-18-10/h1-5,7,9H,8H2,(H,14,15,17)/b4-3+. The fraction of sp³-hybridized carbons (Fsp3) is 0.0833. The first kappa shape index (κ1) is 12.1. The normalized spacial score (nSPS) is 10.4. The summed E-state index contributed by atoms with van der Waals surface area (Å²) in [6.45, 7) is 0.168. The summed E-state index contributed by atoms with van der Waals surface area (Å²) in [5.41, 5.74) is 0. The maximum Gasteiger partial charge on any atom is 0.249 e. The second kappa shape index (κ2) is 5.80. The molecule has 5 nitrogen and oxygen atoms in total. The minimum Gasteiger partial charge on any atom is -0.306 e. The van der Waals surface area contributed by atoms with Crippen molar-refractivity contribution in [3.05, 3.63) is 40.7 Å². The first-order valence-corrected chi connectivity index (χ1v) is 6.09. The zero-order chi connectivity index (χ0) is 12.8. The Balaban J connectivity index is 1.92. The molecule has 90 valence electrons. The Labute approximate surface area is 108 Å². The Morgan fingerprint density at radius 3 is 3.22 bits per heavy atom. The number of hydrogen-bond acceptors (Lipinski definition) is 4. The summed E-state index contributed by atoms with van der Waals surface area (Å²) < 4.78 is 1.46. The van der Waals surface area contributed by atoms with Crippen LogP contribution in [0.5, 0.6) is 0 Å². The highest BCUT2D eigenvalue weighted by Gasteiger charge is 2.01. The molecule has 0 spiro atoms. The van der Waals surface area contributed by atoms with Gasteiger partial charge in [0.1, 0.15) is 6.54 Å². The van der Waals surface area contributed by atoms with Crippen molar-refractivity contribution in [1.29, 1.82) is 5.26 Å². The molecule has 2 aromatic heterocycles. The molecule has 1 amide bonds. The van der Waals surface area contributed by atoms with Gasteiger partial charge in [0, 0.05) is 23.2 Å². The summed E-state index contributed by atoms with van der Waals surface area (Å²) in [5.74, 6) is 0.191. The Bertz CT molecular complexity index is 592. The molecule has 6 heteroatoms. The molecule has 18 heavy (non-hydrogen) atoms. The fourth-order valence-corrected chi connectivity index (χ4v) is 1.92. The van der Waals surface area contributed by atoms with E-state index in [-0.39, 0.29) is 12.5 Å². The van der Waals surface area contributed by atoms with E-state index in [9.17, 15) is 4.79 Å². The minimum absolute atomic E-state index is 0.168. The molecule has 0 atom stereocenters. The summed E-state index contributed by atoms with van der Waals surface area (Å²) in [6, 6.07) is 7.47. The number of nitriles is 1. The van der Waals surface area contributed by atoms with Crippen molar-refractivity contribution in [2.75, 3.05) is 5.32 Å². The number of anilines is 1. The predicted molar refractivity (Wildman–Crippen MR) is 69.8 cm³/mol. The number of hydrogen-bond donors (Lipinski definition) is 1. The van der Waals surface area contributed by atoms with Crippen LogP contribution in [0.15, 0.2) is 35.9 Å². The summed E-state index contributed by atoms with van der Waals surface area (Å²) in [4.78, 5) is 12.6. The SMILES string of the molecule is N#CCn1ccc(NC(=O)/C=C/c2cccs2)n1. The number of aromatic nitrogens is 2. The van der Waals surface area contributed by atoms with E-state index in [0.717, 1.165) is 4.88 Å². The van der Waals surface area contributed by atoms with Gasteiger partial charge in [-0.05, 0) is 17.5 Å². The van der Waals surface area contributed by atoms with Gasteiger partial charge in [0.25, 0.3) is 0 Å². The zero-order valence-corrected chi connectivity index (χ0v) is 10.2. The maximum atomic E-state index is 11.6. The monoisotopic (exact) mass is 258 g/mol. The van der Waals surface area contributed by atoms with Crippen LogP contribution in [0, 0.1) is 11.3 Å². The first-order valence-electron chi connectivity index (χ1n) is 5.21. The molecule has 0 aromatic carbocycles. The second-order valence-corrected chi connectivity index (χ2v) is 4.37. The van der Waals surface area contributed by atoms with E-state index in [0.29, 0.717) is 5.82 Å². The first-order chi connectivity index (χ1) is 8.78. The molecule has 2 rings (SSSR count). The van der Waals surface area contributed by atoms with Crippen molar-refractivity contribution >= 4 is 29.1 Å². The molecule has 0 radical (unpaired) electrons. The van der Waals surface area contributed by atoms with Gasteiger partial charge in [0.05, 0.1) is 6.07 Å². The smallest absolute Gasteiger partial charge is 0.249 e. The molecular weight excluding hydrogens is 248 g/mol. The summed E-state index contributed by atoms with van der Waals surface area (Å²) in [7, 11) is 0. The highest BCUT2D eigenvalue weighted by molar-refractivity contribution is 7.10. The number of rotatable bonds is 4. The number of nitrogens with zero attached hydrogens (tertiary/aromatic N) is 3. The Morgan fingerprint density at radius 1 is 1.61 bits per heavy atom. The van der Waals surface area contributed by atoms with Gasteiger partial charge in [0.2, 0.25) is 5.91 Å². The average Bonchev–Trinajstić information content (AvgIpc) is 2.99. The molecule has 2 aromatic rings. The number of carbonyl (C=O) groups is 1. The lowest BCUT2D eigenvalue weighted by molar-refractivity contribution is -0.111. The Morgan fingerprint density at radius 2 is 2.50 bits per heavy atom. The van der Waals surface area contributed by atoms with Crippen LogP contribution in [-0.2, 0) is 11.3 Å². The van der Waals surface area contributed by atoms with Gasteiger partial charge in [-0.3, -0.25) is 9.48 Å². The molecule has 0 saturated carbocycles. The Hall–Kier alpha value is -2.39. The average molecular weight is 258 g/mol.